The number of thiazole rings is 1. The van der Waals surface area contributed by atoms with Crippen LogP contribution in [0.5, 0.6) is 5.75 Å². The lowest BCUT2D eigenvalue weighted by Crippen LogP contribution is -2.10. The molecular formula is C20H13NO5S. The van der Waals surface area contributed by atoms with E-state index < -0.39 is 11.8 Å². The Bertz CT molecular complexity index is 1190. The molecule has 0 spiro atoms. The molecule has 0 saturated carbocycles. The molecule has 4 aromatic rings. The summed E-state index contributed by atoms with van der Waals surface area (Å²) in [5, 5.41) is 1.29. The van der Waals surface area contributed by atoms with E-state index in [1.54, 1.807) is 18.2 Å². The van der Waals surface area contributed by atoms with Gasteiger partial charge in [0, 0.05) is 11.5 Å². The van der Waals surface area contributed by atoms with Crippen molar-refractivity contribution in [2.75, 3.05) is 6.61 Å². The second kappa shape index (κ2) is 7.05. The third kappa shape index (κ3) is 3.45. The Balaban J connectivity index is 1.69. The molecule has 2 heterocycles. The van der Waals surface area contributed by atoms with Gasteiger partial charge in [-0.15, -0.1) is 11.3 Å². The van der Waals surface area contributed by atoms with Crippen LogP contribution in [0.1, 0.15) is 0 Å². The number of nitrogens with zero attached hydrogens (tertiary/aromatic N) is 1. The van der Waals surface area contributed by atoms with Crippen molar-refractivity contribution in [1.29, 1.82) is 0 Å². The minimum absolute atomic E-state index is 0.0486. The molecule has 4 rings (SSSR count). The molecule has 0 unspecified atom stereocenters. The summed E-state index contributed by atoms with van der Waals surface area (Å²) in [7, 11) is 0. The van der Waals surface area contributed by atoms with Crippen LogP contribution in [0.15, 0.2) is 70.4 Å². The molecule has 0 fully saturated rings. The number of hydrogen-bond acceptors (Lipinski definition) is 7. The lowest BCUT2D eigenvalue weighted by atomic mass is 10.2. The zero-order chi connectivity index (χ0) is 18.8. The molecule has 0 bridgehead atoms. The average molecular weight is 379 g/mol. The van der Waals surface area contributed by atoms with Crippen molar-refractivity contribution in [3.8, 4) is 16.3 Å². The van der Waals surface area contributed by atoms with Crippen molar-refractivity contribution >= 4 is 38.7 Å². The van der Waals surface area contributed by atoms with Gasteiger partial charge < -0.3 is 13.9 Å². The van der Waals surface area contributed by atoms with Crippen molar-refractivity contribution < 1.29 is 18.7 Å². The Morgan fingerprint density at radius 1 is 1.22 bits per heavy atom. The molecule has 0 radical (unpaired) electrons. The molecule has 0 aliphatic rings. The number of carbonyl (C=O) groups is 1. The summed E-state index contributed by atoms with van der Waals surface area (Å²) >= 11 is 1.43. The quantitative estimate of drug-likeness (QED) is 0.220. The Morgan fingerprint density at radius 2 is 2.07 bits per heavy atom. The van der Waals surface area contributed by atoms with Crippen LogP contribution in [-0.4, -0.2) is 17.7 Å². The number of ether oxygens (including phenoxy) is 2. The van der Waals surface area contributed by atoms with Gasteiger partial charge in [0.05, 0.1) is 15.8 Å². The van der Waals surface area contributed by atoms with E-state index in [1.807, 2.05) is 24.3 Å². The zero-order valence-electron chi connectivity index (χ0n) is 14.0. The number of benzene rings is 2. The number of hydrogen-bond donors (Lipinski definition) is 0. The van der Waals surface area contributed by atoms with Gasteiger partial charge in [0.1, 0.15) is 22.9 Å². The summed E-state index contributed by atoms with van der Waals surface area (Å²) in [5.74, 6) is 0.215. The van der Waals surface area contributed by atoms with Crippen LogP contribution >= 0.6 is 11.3 Å². The molecule has 0 atom stereocenters. The minimum atomic E-state index is -0.859. The van der Waals surface area contributed by atoms with Gasteiger partial charge in [-0.25, -0.2) is 14.6 Å². The maximum Gasteiger partial charge on any atom is 0.514 e. The van der Waals surface area contributed by atoms with E-state index >= 15 is 0 Å². The van der Waals surface area contributed by atoms with Crippen LogP contribution in [0.4, 0.5) is 4.79 Å². The van der Waals surface area contributed by atoms with Crippen LogP contribution in [0, 0.1) is 0 Å². The molecule has 0 amide bonds. The molecule has 0 saturated heterocycles. The second-order valence-corrected chi connectivity index (χ2v) is 6.62. The Labute approximate surface area is 157 Å². The maximum atomic E-state index is 12.4. The van der Waals surface area contributed by atoms with Crippen LogP contribution in [-0.2, 0) is 4.74 Å². The monoisotopic (exact) mass is 379 g/mol. The number of fused-ring (bicyclic) bond motifs is 2. The first-order valence-electron chi connectivity index (χ1n) is 8.03. The van der Waals surface area contributed by atoms with E-state index in [4.69, 9.17) is 13.9 Å². The van der Waals surface area contributed by atoms with Gasteiger partial charge in [-0.05, 0) is 30.3 Å². The summed E-state index contributed by atoms with van der Waals surface area (Å²) in [4.78, 5) is 28.4. The Hall–Kier alpha value is -3.45. The van der Waals surface area contributed by atoms with Crippen LogP contribution in [0.25, 0.3) is 31.8 Å². The van der Waals surface area contributed by atoms with Gasteiger partial charge in [-0.1, -0.05) is 24.8 Å². The third-order valence-corrected chi connectivity index (χ3v) is 4.82. The maximum absolute atomic E-state index is 12.4. The summed E-state index contributed by atoms with van der Waals surface area (Å²) < 4.78 is 16.2. The fraction of sp³-hybridized carbons (Fsp3) is 0.0500. The molecule has 2 aromatic carbocycles. The van der Waals surface area contributed by atoms with E-state index in [-0.39, 0.29) is 12.4 Å². The predicted molar refractivity (Wildman–Crippen MR) is 103 cm³/mol. The van der Waals surface area contributed by atoms with E-state index in [0.717, 1.165) is 10.2 Å². The summed E-state index contributed by atoms with van der Waals surface area (Å²) in [5.41, 5.74) is 1.02. The van der Waals surface area contributed by atoms with E-state index in [2.05, 4.69) is 11.6 Å². The summed E-state index contributed by atoms with van der Waals surface area (Å²) in [6.45, 7) is 3.50. The Morgan fingerprint density at radius 3 is 2.89 bits per heavy atom. The predicted octanol–water partition coefficient (Wildman–Crippen LogP) is 4.77. The third-order valence-electron chi connectivity index (χ3n) is 3.75. The lowest BCUT2D eigenvalue weighted by Gasteiger charge is -2.05. The van der Waals surface area contributed by atoms with Gasteiger partial charge in [-0.2, -0.15) is 0 Å². The topological polar surface area (TPSA) is 78.6 Å². The smallest absolute Gasteiger partial charge is 0.430 e. The van der Waals surface area contributed by atoms with Crippen molar-refractivity contribution in [1.82, 2.24) is 4.98 Å². The molecule has 6 nitrogen and oxygen atoms in total. The molecule has 0 aliphatic carbocycles. The van der Waals surface area contributed by atoms with Gasteiger partial charge in [0.15, 0.2) is 0 Å². The van der Waals surface area contributed by atoms with Gasteiger partial charge in [0.25, 0.3) is 0 Å². The van der Waals surface area contributed by atoms with E-state index in [0.29, 0.717) is 21.5 Å². The van der Waals surface area contributed by atoms with Crippen LogP contribution in [0.3, 0.4) is 0 Å². The second-order valence-electron chi connectivity index (χ2n) is 5.59. The first kappa shape index (κ1) is 17.0. The largest absolute Gasteiger partial charge is 0.514 e. The highest BCUT2D eigenvalue weighted by Crippen LogP contribution is 2.30. The van der Waals surface area contributed by atoms with Gasteiger partial charge >= 0.3 is 11.8 Å². The summed E-state index contributed by atoms with van der Waals surface area (Å²) in [6.07, 6.45) is 0.576. The first-order valence-corrected chi connectivity index (χ1v) is 8.85. The average Bonchev–Trinajstić information content (AvgIpc) is 3.09. The fourth-order valence-electron chi connectivity index (χ4n) is 2.54. The molecule has 7 heteroatoms. The molecule has 27 heavy (non-hydrogen) atoms. The first-order chi connectivity index (χ1) is 13.1. The molecule has 134 valence electrons. The number of rotatable bonds is 4. The van der Waals surface area contributed by atoms with E-state index in [1.165, 1.54) is 23.5 Å². The fourth-order valence-corrected chi connectivity index (χ4v) is 3.51. The lowest BCUT2D eigenvalue weighted by molar-refractivity contribution is 0.109. The number of carbonyl (C=O) groups excluding carboxylic acids is 1. The van der Waals surface area contributed by atoms with Crippen LogP contribution in [0.2, 0.25) is 0 Å². The normalized spacial score (nSPS) is 10.8. The SMILES string of the molecule is C=CCOC(=O)Oc1ccc2cc(-c3nc4ccccc4s3)c(=O)oc2c1. The van der Waals surface area contributed by atoms with Crippen molar-refractivity contribution in [3.63, 3.8) is 0 Å². The molecular weight excluding hydrogens is 366 g/mol. The minimum Gasteiger partial charge on any atom is -0.430 e. The highest BCUT2D eigenvalue weighted by Gasteiger charge is 2.14. The van der Waals surface area contributed by atoms with Crippen molar-refractivity contribution in [2.45, 2.75) is 0 Å². The Kier molecular flexibility index (Phi) is 4.43. The zero-order valence-corrected chi connectivity index (χ0v) is 14.8. The van der Waals surface area contributed by atoms with Crippen molar-refractivity contribution in [2.24, 2.45) is 0 Å². The van der Waals surface area contributed by atoms with E-state index in [9.17, 15) is 9.59 Å². The van der Waals surface area contributed by atoms with Gasteiger partial charge in [-0.3, -0.25) is 0 Å². The molecule has 2 aromatic heterocycles. The standard InChI is InChI=1S/C20H13NO5S/c1-2-9-24-20(23)25-13-8-7-12-10-14(19(22)26-16(12)11-13)18-21-15-5-3-4-6-17(15)27-18/h2-8,10-11H,1,9H2. The molecule has 0 N–H and O–H groups in total. The van der Waals surface area contributed by atoms with Crippen LogP contribution < -0.4 is 10.4 Å². The van der Waals surface area contributed by atoms with Gasteiger partial charge in [0.2, 0.25) is 0 Å². The number of aromatic nitrogens is 1. The highest BCUT2D eigenvalue weighted by molar-refractivity contribution is 7.21. The highest BCUT2D eigenvalue weighted by atomic mass is 32.1. The van der Waals surface area contributed by atoms with Crippen molar-refractivity contribution in [3.05, 3.63) is 71.6 Å². The molecule has 0 aliphatic heterocycles. The summed E-state index contributed by atoms with van der Waals surface area (Å²) in [6, 6.07) is 14.2. The number of para-hydroxylation sites is 1.